The molecular weight excluding hydrogens is 150 g/mol. The second-order valence-corrected chi connectivity index (χ2v) is 2.19. The number of nitrogens with two attached hydrogens (primary N) is 2. The summed E-state index contributed by atoms with van der Waals surface area (Å²) in [5.41, 5.74) is 10.8. The zero-order valence-corrected chi connectivity index (χ0v) is 7.25. The molecule has 1 aromatic carbocycles. The van der Waals surface area contributed by atoms with Crippen LogP contribution >= 0.6 is 0 Å². The number of benzene rings is 1. The van der Waals surface area contributed by atoms with Crippen LogP contribution in [0, 0.1) is 5.41 Å². The summed E-state index contributed by atoms with van der Waals surface area (Å²) < 4.78 is 0. The van der Waals surface area contributed by atoms with Gasteiger partial charge in [-0.05, 0) is 12.6 Å². The number of hydrogen-bond donors (Lipinski definition) is 3. The van der Waals surface area contributed by atoms with E-state index in [0.717, 1.165) is 5.56 Å². The highest BCUT2D eigenvalue weighted by molar-refractivity contribution is 5.79. The molecule has 0 radical (unpaired) electrons. The van der Waals surface area contributed by atoms with E-state index in [-0.39, 0.29) is 5.84 Å². The molecule has 0 amide bonds. The van der Waals surface area contributed by atoms with Gasteiger partial charge in [0.2, 0.25) is 0 Å². The second kappa shape index (κ2) is 6.37. The van der Waals surface area contributed by atoms with Crippen molar-refractivity contribution in [2.24, 2.45) is 11.5 Å². The van der Waals surface area contributed by atoms with E-state index in [4.69, 9.17) is 11.1 Å². The molecule has 0 aliphatic rings. The van der Waals surface area contributed by atoms with Crippen molar-refractivity contribution in [3.05, 3.63) is 35.9 Å². The van der Waals surface area contributed by atoms with Crippen molar-refractivity contribution < 1.29 is 0 Å². The quantitative estimate of drug-likeness (QED) is 0.446. The van der Waals surface area contributed by atoms with E-state index in [0.29, 0.717) is 6.42 Å². The van der Waals surface area contributed by atoms with Gasteiger partial charge in [0, 0.05) is 6.42 Å². The molecule has 0 aromatic heterocycles. The van der Waals surface area contributed by atoms with Gasteiger partial charge in [0.25, 0.3) is 0 Å². The molecule has 0 unspecified atom stereocenters. The third-order valence-electron chi connectivity index (χ3n) is 1.24. The molecule has 3 nitrogen and oxygen atoms in total. The first-order chi connectivity index (χ1) is 5.79. The molecule has 0 fully saturated rings. The highest BCUT2D eigenvalue weighted by Gasteiger charge is 1.90. The largest absolute Gasteiger partial charge is 0.387 e. The van der Waals surface area contributed by atoms with Gasteiger partial charge >= 0.3 is 0 Å². The first kappa shape index (κ1) is 10.7. The van der Waals surface area contributed by atoms with E-state index in [9.17, 15) is 0 Å². The molecule has 1 rings (SSSR count). The Hall–Kier alpha value is -1.35. The van der Waals surface area contributed by atoms with Crippen molar-refractivity contribution >= 4 is 5.84 Å². The molecule has 66 valence electrons. The van der Waals surface area contributed by atoms with Crippen LogP contribution in [0.4, 0.5) is 0 Å². The number of rotatable bonds is 2. The Morgan fingerprint density at radius 3 is 2.17 bits per heavy atom. The number of hydrogen-bond acceptors (Lipinski definition) is 2. The number of nitrogens with one attached hydrogen (secondary N) is 1. The Labute approximate surface area is 72.9 Å². The summed E-state index contributed by atoms with van der Waals surface area (Å²) in [6.45, 7) is 0. The van der Waals surface area contributed by atoms with Gasteiger partial charge in [0.1, 0.15) is 0 Å². The van der Waals surface area contributed by atoms with Crippen molar-refractivity contribution in [1.82, 2.24) is 0 Å². The van der Waals surface area contributed by atoms with Crippen LogP contribution in [-0.4, -0.2) is 12.9 Å². The smallest absolute Gasteiger partial charge is 0.0950 e. The predicted octanol–water partition coefficient (Wildman–Crippen LogP) is 0.740. The average Bonchev–Trinajstić information content (AvgIpc) is 2.08. The van der Waals surface area contributed by atoms with Gasteiger partial charge in [-0.25, -0.2) is 0 Å². The molecule has 1 aromatic rings. The van der Waals surface area contributed by atoms with Crippen molar-refractivity contribution in [1.29, 1.82) is 5.41 Å². The van der Waals surface area contributed by atoms with E-state index >= 15 is 0 Å². The minimum absolute atomic E-state index is 0.214. The molecule has 0 atom stereocenters. The van der Waals surface area contributed by atoms with Crippen LogP contribution in [0.3, 0.4) is 0 Å². The molecule has 0 aliphatic carbocycles. The second-order valence-electron chi connectivity index (χ2n) is 2.19. The van der Waals surface area contributed by atoms with Crippen LogP contribution in [-0.2, 0) is 6.42 Å². The fraction of sp³-hybridized carbons (Fsp3) is 0.222. The lowest BCUT2D eigenvalue weighted by Gasteiger charge is -1.96. The van der Waals surface area contributed by atoms with Gasteiger partial charge in [0.05, 0.1) is 5.84 Å². The topological polar surface area (TPSA) is 75.9 Å². The lowest BCUT2D eigenvalue weighted by molar-refractivity contribution is 1.25. The highest BCUT2D eigenvalue weighted by atomic mass is 14.7. The van der Waals surface area contributed by atoms with Crippen LogP contribution in [0.15, 0.2) is 30.3 Å². The van der Waals surface area contributed by atoms with Crippen molar-refractivity contribution in [2.45, 2.75) is 6.42 Å². The Morgan fingerprint density at radius 2 is 1.75 bits per heavy atom. The fourth-order valence-corrected chi connectivity index (χ4v) is 0.816. The van der Waals surface area contributed by atoms with Gasteiger partial charge in [-0.2, -0.15) is 0 Å². The van der Waals surface area contributed by atoms with E-state index in [2.05, 4.69) is 5.73 Å². The molecule has 3 heteroatoms. The molecule has 0 bridgehead atoms. The van der Waals surface area contributed by atoms with E-state index < -0.39 is 0 Å². The van der Waals surface area contributed by atoms with Crippen LogP contribution in [0.2, 0.25) is 0 Å². The SMILES string of the molecule is CN.N=C(N)Cc1ccccc1. The van der Waals surface area contributed by atoms with Gasteiger partial charge in [-0.3, -0.25) is 5.41 Å². The minimum atomic E-state index is 0.214. The Kier molecular flexibility index (Phi) is 5.65. The van der Waals surface area contributed by atoms with Crippen molar-refractivity contribution in [3.8, 4) is 0 Å². The molecule has 0 aliphatic heterocycles. The Balaban J connectivity index is 0.000000561. The van der Waals surface area contributed by atoms with E-state index in [1.165, 1.54) is 7.05 Å². The van der Waals surface area contributed by atoms with Crippen LogP contribution in [0.5, 0.6) is 0 Å². The summed E-state index contributed by atoms with van der Waals surface area (Å²) in [5.74, 6) is 0.214. The maximum absolute atomic E-state index is 7.01. The Bertz CT molecular complexity index is 218. The average molecular weight is 165 g/mol. The van der Waals surface area contributed by atoms with Gasteiger partial charge in [0.15, 0.2) is 0 Å². The highest BCUT2D eigenvalue weighted by Crippen LogP contribution is 1.97. The van der Waals surface area contributed by atoms with Crippen LogP contribution in [0.25, 0.3) is 0 Å². The zero-order valence-electron chi connectivity index (χ0n) is 7.25. The third kappa shape index (κ3) is 4.46. The summed E-state index contributed by atoms with van der Waals surface area (Å²) in [6.07, 6.45) is 0.556. The normalized spacial score (nSPS) is 8.17. The van der Waals surface area contributed by atoms with E-state index in [1.807, 2.05) is 30.3 Å². The maximum atomic E-state index is 7.01. The summed E-state index contributed by atoms with van der Waals surface area (Å²) in [6, 6.07) is 9.75. The molecular formula is C9H15N3. The number of amidine groups is 1. The van der Waals surface area contributed by atoms with Gasteiger partial charge in [-0.1, -0.05) is 30.3 Å². The van der Waals surface area contributed by atoms with Crippen molar-refractivity contribution in [2.75, 3.05) is 7.05 Å². The van der Waals surface area contributed by atoms with Crippen LogP contribution < -0.4 is 11.5 Å². The minimum Gasteiger partial charge on any atom is -0.387 e. The van der Waals surface area contributed by atoms with E-state index in [1.54, 1.807) is 0 Å². The van der Waals surface area contributed by atoms with Gasteiger partial charge < -0.3 is 11.5 Å². The standard InChI is InChI=1S/C8H10N2.CH5N/c9-8(10)6-7-4-2-1-3-5-7;1-2/h1-5H,6H2,(H3,9,10);2H2,1H3. The summed E-state index contributed by atoms with van der Waals surface area (Å²) in [7, 11) is 1.50. The fourth-order valence-electron chi connectivity index (χ4n) is 0.816. The summed E-state index contributed by atoms with van der Waals surface area (Å²) in [4.78, 5) is 0. The predicted molar refractivity (Wildman–Crippen MR) is 52.2 cm³/mol. The maximum Gasteiger partial charge on any atom is 0.0950 e. The monoisotopic (exact) mass is 165 g/mol. The molecule has 0 spiro atoms. The summed E-state index contributed by atoms with van der Waals surface area (Å²) >= 11 is 0. The lowest BCUT2D eigenvalue weighted by atomic mass is 10.1. The first-order valence-electron chi connectivity index (χ1n) is 3.73. The molecule has 0 heterocycles. The molecule has 0 saturated carbocycles. The van der Waals surface area contributed by atoms with Crippen LogP contribution in [0.1, 0.15) is 5.56 Å². The third-order valence-corrected chi connectivity index (χ3v) is 1.24. The molecule has 12 heavy (non-hydrogen) atoms. The zero-order chi connectivity index (χ0) is 9.40. The molecule has 0 saturated heterocycles. The first-order valence-corrected chi connectivity index (χ1v) is 3.73. The Morgan fingerprint density at radius 1 is 1.25 bits per heavy atom. The van der Waals surface area contributed by atoms with Crippen molar-refractivity contribution in [3.63, 3.8) is 0 Å². The van der Waals surface area contributed by atoms with Gasteiger partial charge in [-0.15, -0.1) is 0 Å². The lowest BCUT2D eigenvalue weighted by Crippen LogP contribution is -2.12. The summed E-state index contributed by atoms with van der Waals surface area (Å²) in [5, 5.41) is 7.01. The molecule has 5 N–H and O–H groups in total.